The highest BCUT2D eigenvalue weighted by molar-refractivity contribution is 8.14. The number of nitrogens with zero attached hydrogens (tertiary/aromatic N) is 1. The molecule has 2 aromatic carbocycles. The number of hydrazine groups is 1. The molecular formula is C17H18N2O2S. The van der Waals surface area contributed by atoms with Gasteiger partial charge in [-0.3, -0.25) is 10.6 Å². The van der Waals surface area contributed by atoms with Gasteiger partial charge in [0.25, 0.3) is 0 Å². The van der Waals surface area contributed by atoms with E-state index in [1.165, 1.54) is 0 Å². The molecule has 2 N–H and O–H groups in total. The van der Waals surface area contributed by atoms with Crippen molar-refractivity contribution in [1.82, 2.24) is 10.0 Å². The van der Waals surface area contributed by atoms with Gasteiger partial charge in [0.05, 0.1) is 12.3 Å². The summed E-state index contributed by atoms with van der Waals surface area (Å²) in [6.07, 6.45) is 0. The zero-order chi connectivity index (χ0) is 15.4. The van der Waals surface area contributed by atoms with Crippen molar-refractivity contribution < 1.29 is 9.94 Å². The Morgan fingerprint density at radius 2 is 1.68 bits per heavy atom. The van der Waals surface area contributed by atoms with Crippen LogP contribution in [0, 0.1) is 0 Å². The Balaban J connectivity index is 1.76. The van der Waals surface area contributed by atoms with Crippen molar-refractivity contribution in [2.45, 2.75) is 6.61 Å². The van der Waals surface area contributed by atoms with Gasteiger partial charge in [0, 0.05) is 4.86 Å². The quantitative estimate of drug-likeness (QED) is 0.656. The van der Waals surface area contributed by atoms with Crippen molar-refractivity contribution in [3.8, 4) is 0 Å². The topological polar surface area (TPSA) is 44.7 Å². The second-order valence-corrected chi connectivity index (χ2v) is 6.59. The number of hydrogen-bond acceptors (Lipinski definition) is 4. The monoisotopic (exact) mass is 314 g/mol. The summed E-state index contributed by atoms with van der Waals surface area (Å²) >= 11 is 0. The normalized spacial score (nSPS) is 18.5. The van der Waals surface area contributed by atoms with Gasteiger partial charge < -0.3 is 4.74 Å². The maximum atomic E-state index is 10.1. The van der Waals surface area contributed by atoms with E-state index in [9.17, 15) is 5.21 Å². The Bertz CT molecular complexity index is 686. The molecule has 0 radical (unpaired) electrons. The maximum Gasteiger partial charge on any atom is 0.105 e. The fourth-order valence-electron chi connectivity index (χ4n) is 2.27. The first kappa shape index (κ1) is 15.0. The van der Waals surface area contributed by atoms with Crippen LogP contribution in [0.2, 0.25) is 0 Å². The largest absolute Gasteiger partial charge is 0.365 e. The van der Waals surface area contributed by atoms with Gasteiger partial charge in [0.1, 0.15) is 5.94 Å². The summed E-state index contributed by atoms with van der Waals surface area (Å²) in [4.78, 5) is 0.983. The molecule has 114 valence electrons. The Hall–Kier alpha value is -1.92. The standard InChI is InChI=1S/C17H18N2O2S/c1-14-17(16-10-6-3-7-11-16)22(19(20)18-14)13-21-12-15-8-4-2-5-9-15/h2-11,18,20H,1,12-13H2. The number of benzene rings is 2. The summed E-state index contributed by atoms with van der Waals surface area (Å²) < 4.78 is 6.88. The van der Waals surface area contributed by atoms with Crippen LogP contribution in [0.1, 0.15) is 11.1 Å². The van der Waals surface area contributed by atoms with E-state index in [-0.39, 0.29) is 0 Å². The number of allylic oxidation sites excluding steroid dienone is 1. The Morgan fingerprint density at radius 1 is 1.05 bits per heavy atom. The van der Waals surface area contributed by atoms with Crippen LogP contribution in [-0.2, 0) is 11.3 Å². The molecule has 5 heteroatoms. The van der Waals surface area contributed by atoms with E-state index in [0.717, 1.165) is 20.6 Å². The van der Waals surface area contributed by atoms with Crippen LogP contribution in [-0.4, -0.2) is 20.6 Å². The van der Waals surface area contributed by atoms with E-state index in [2.05, 4.69) is 12.0 Å². The molecule has 0 saturated heterocycles. The van der Waals surface area contributed by atoms with Crippen LogP contribution >= 0.6 is 10.7 Å². The van der Waals surface area contributed by atoms with Crippen LogP contribution in [0.15, 0.2) is 72.9 Å². The van der Waals surface area contributed by atoms with E-state index in [0.29, 0.717) is 18.2 Å². The van der Waals surface area contributed by atoms with Gasteiger partial charge in [0.2, 0.25) is 0 Å². The van der Waals surface area contributed by atoms with Gasteiger partial charge >= 0.3 is 0 Å². The second kappa shape index (κ2) is 6.89. The predicted octanol–water partition coefficient (Wildman–Crippen LogP) is 3.29. The highest BCUT2D eigenvalue weighted by Crippen LogP contribution is 2.30. The number of hydrogen-bond donors (Lipinski definition) is 2. The summed E-state index contributed by atoms with van der Waals surface area (Å²) in [5.74, 6) is 0.404. The van der Waals surface area contributed by atoms with Crippen LogP contribution < -0.4 is 5.43 Å². The average molecular weight is 314 g/mol. The molecule has 0 aromatic heterocycles. The molecule has 3 rings (SSSR count). The fourth-order valence-corrected chi connectivity index (χ4v) is 3.86. The molecular weight excluding hydrogens is 296 g/mol. The number of ether oxygens (including phenoxy) is 1. The van der Waals surface area contributed by atoms with Crippen molar-refractivity contribution in [3.63, 3.8) is 0 Å². The summed E-state index contributed by atoms with van der Waals surface area (Å²) in [6, 6.07) is 19.9. The molecule has 0 amide bonds. The predicted molar refractivity (Wildman–Crippen MR) is 90.1 cm³/mol. The van der Waals surface area contributed by atoms with E-state index in [1.54, 1.807) is 0 Å². The first-order chi connectivity index (χ1) is 10.8. The highest BCUT2D eigenvalue weighted by atomic mass is 32.2. The molecule has 2 aromatic rings. The van der Waals surface area contributed by atoms with E-state index < -0.39 is 10.7 Å². The van der Waals surface area contributed by atoms with E-state index in [1.807, 2.05) is 60.7 Å². The molecule has 22 heavy (non-hydrogen) atoms. The maximum absolute atomic E-state index is 10.1. The third-order valence-electron chi connectivity index (χ3n) is 3.29. The van der Waals surface area contributed by atoms with Crippen molar-refractivity contribution in [3.05, 3.63) is 84.1 Å². The molecule has 1 aliphatic heterocycles. The van der Waals surface area contributed by atoms with E-state index >= 15 is 0 Å². The first-order valence-corrected chi connectivity index (χ1v) is 8.31. The Labute approximate surface area is 132 Å². The van der Waals surface area contributed by atoms with Gasteiger partial charge in [-0.05, 0) is 26.4 Å². The second-order valence-electron chi connectivity index (χ2n) is 4.88. The minimum atomic E-state index is -0.592. The summed E-state index contributed by atoms with van der Waals surface area (Å²) in [5, 5.41) is 10.1. The summed E-state index contributed by atoms with van der Waals surface area (Å²) in [7, 11) is -0.592. The molecule has 0 fully saturated rings. The molecule has 1 atom stereocenters. The Morgan fingerprint density at radius 3 is 2.36 bits per heavy atom. The molecule has 0 bridgehead atoms. The molecule has 4 nitrogen and oxygen atoms in total. The Kier molecular flexibility index (Phi) is 4.70. The lowest BCUT2D eigenvalue weighted by molar-refractivity contribution is -0.0196. The van der Waals surface area contributed by atoms with Crippen molar-refractivity contribution in [1.29, 1.82) is 0 Å². The lowest BCUT2D eigenvalue weighted by Gasteiger charge is -2.14. The van der Waals surface area contributed by atoms with Crippen LogP contribution in [0.5, 0.6) is 0 Å². The summed E-state index contributed by atoms with van der Waals surface area (Å²) in [6.45, 7) is 4.50. The zero-order valence-electron chi connectivity index (χ0n) is 12.1. The van der Waals surface area contributed by atoms with Gasteiger partial charge in [-0.2, -0.15) is 0 Å². The van der Waals surface area contributed by atoms with Crippen molar-refractivity contribution in [2.75, 3.05) is 5.94 Å². The minimum absolute atomic E-state index is 0.404. The minimum Gasteiger partial charge on any atom is -0.365 e. The number of rotatable bonds is 5. The molecule has 1 unspecified atom stereocenters. The zero-order valence-corrected chi connectivity index (χ0v) is 12.9. The molecule has 1 heterocycles. The van der Waals surface area contributed by atoms with Crippen LogP contribution in [0.4, 0.5) is 0 Å². The number of nitrogens with one attached hydrogen (secondary N) is 1. The molecule has 0 saturated carbocycles. The van der Waals surface area contributed by atoms with Crippen LogP contribution in [0.25, 0.3) is 0 Å². The third kappa shape index (κ3) is 3.28. The van der Waals surface area contributed by atoms with Gasteiger partial charge in [-0.15, -0.1) is 0 Å². The third-order valence-corrected chi connectivity index (χ3v) is 5.14. The molecule has 0 aliphatic carbocycles. The lowest BCUT2D eigenvalue weighted by atomic mass is 10.1. The molecule has 1 aliphatic rings. The van der Waals surface area contributed by atoms with Crippen molar-refractivity contribution in [2.24, 2.45) is 0 Å². The fraction of sp³-hybridized carbons (Fsp3) is 0.118. The smallest absolute Gasteiger partial charge is 0.105 e. The van der Waals surface area contributed by atoms with Crippen molar-refractivity contribution >= 4 is 15.5 Å². The van der Waals surface area contributed by atoms with E-state index in [4.69, 9.17) is 4.74 Å². The van der Waals surface area contributed by atoms with Gasteiger partial charge in [-0.25, -0.2) is 0 Å². The van der Waals surface area contributed by atoms with Crippen LogP contribution in [0.3, 0.4) is 0 Å². The van der Waals surface area contributed by atoms with Gasteiger partial charge in [0.15, 0.2) is 0 Å². The van der Waals surface area contributed by atoms with Gasteiger partial charge in [-0.1, -0.05) is 67.2 Å². The average Bonchev–Trinajstić information content (AvgIpc) is 2.83. The molecule has 0 spiro atoms. The first-order valence-electron chi connectivity index (χ1n) is 6.95. The lowest BCUT2D eigenvalue weighted by Crippen LogP contribution is -2.24. The summed E-state index contributed by atoms with van der Waals surface area (Å²) in [5.41, 5.74) is 5.72. The highest BCUT2D eigenvalue weighted by Gasteiger charge is 2.24. The SMILES string of the molecule is C=C1NN(O)S(COCc2ccccc2)=C1c1ccccc1.